The number of aryl methyl sites for hydroxylation is 2. The number of urea groups is 2. The maximum absolute atomic E-state index is 12.1. The third kappa shape index (κ3) is 14.5. The van der Waals surface area contributed by atoms with Crippen molar-refractivity contribution in [3.63, 3.8) is 0 Å². The predicted octanol–water partition coefficient (Wildman–Crippen LogP) is -6.04. The summed E-state index contributed by atoms with van der Waals surface area (Å²) in [5.41, 5.74) is 0.404. The highest BCUT2D eigenvalue weighted by Crippen LogP contribution is 2.04. The second-order valence-electron chi connectivity index (χ2n) is 10.4. The first-order valence-corrected chi connectivity index (χ1v) is 12.1. The molecule has 0 bridgehead atoms. The molecule has 2 heterocycles. The number of carbonyl (C=O) groups is 2. The van der Waals surface area contributed by atoms with Crippen molar-refractivity contribution in [2.45, 2.75) is 20.3 Å². The summed E-state index contributed by atoms with van der Waals surface area (Å²) in [5, 5.41) is 10.7. The minimum Gasteiger partial charge on any atom is -1.00 e. The molecule has 16 heteroatoms. The van der Waals surface area contributed by atoms with Crippen LogP contribution in [0.1, 0.15) is 17.8 Å². The Kier molecular flexibility index (Phi) is 14.7. The molecule has 0 saturated heterocycles. The number of likely N-dealkylation sites (N-methyl/N-ethyl adjacent to an activating group) is 2. The highest BCUT2D eigenvalue weighted by molar-refractivity contribution is 5.87. The number of aromatic nitrogens is 4. The van der Waals surface area contributed by atoms with Crippen LogP contribution in [-0.4, -0.2) is 108 Å². The van der Waals surface area contributed by atoms with Crippen LogP contribution in [0.25, 0.3) is 0 Å². The highest BCUT2D eigenvalue weighted by atomic mass is 35.5. The molecule has 0 atom stereocenters. The van der Waals surface area contributed by atoms with Crippen molar-refractivity contribution in [2.75, 3.05) is 78.1 Å². The fourth-order valence-electron chi connectivity index (χ4n) is 3.52. The SMILES string of the molecule is Cc1cc(=O)nc(NC(=O)NCCC[N+](C)(C)CC[N+](C)(C)CCNC(=O)Nc2nc(=O)cc(C)[nH]2)[nH]1.[Cl-].[Cl-]. The van der Waals surface area contributed by atoms with Crippen LogP contribution in [0.2, 0.25) is 0 Å². The number of amides is 4. The number of carbonyl (C=O) groups excluding carboxylic acids is 2. The molecule has 6 N–H and O–H groups in total. The second-order valence-corrected chi connectivity index (χ2v) is 10.4. The van der Waals surface area contributed by atoms with E-state index in [1.807, 2.05) is 0 Å². The minimum absolute atomic E-state index is 0. The van der Waals surface area contributed by atoms with Gasteiger partial charge in [0.25, 0.3) is 11.1 Å². The lowest BCUT2D eigenvalue weighted by Gasteiger charge is -2.35. The Morgan fingerprint density at radius 1 is 0.718 bits per heavy atom. The molecule has 2 aromatic heterocycles. The van der Waals surface area contributed by atoms with Crippen LogP contribution in [0.15, 0.2) is 21.7 Å². The van der Waals surface area contributed by atoms with Crippen LogP contribution in [-0.2, 0) is 0 Å². The molecule has 39 heavy (non-hydrogen) atoms. The van der Waals surface area contributed by atoms with Gasteiger partial charge in [-0.1, -0.05) is 0 Å². The first-order chi connectivity index (χ1) is 17.2. The molecule has 0 spiro atoms. The van der Waals surface area contributed by atoms with Crippen molar-refractivity contribution in [1.82, 2.24) is 30.6 Å². The summed E-state index contributed by atoms with van der Waals surface area (Å²) < 4.78 is 1.49. The lowest BCUT2D eigenvalue weighted by atomic mass is 10.3. The maximum atomic E-state index is 12.1. The highest BCUT2D eigenvalue weighted by Gasteiger charge is 2.22. The summed E-state index contributed by atoms with van der Waals surface area (Å²) in [6.07, 6.45) is 0.780. The molecule has 0 fully saturated rings. The lowest BCUT2D eigenvalue weighted by molar-refractivity contribution is -0.945. The molecule has 0 aliphatic rings. The lowest BCUT2D eigenvalue weighted by Crippen LogP contribution is -3.00. The Hall–Kier alpha value is -3.20. The van der Waals surface area contributed by atoms with Crippen LogP contribution in [0.4, 0.5) is 21.5 Å². The molecule has 2 rings (SSSR count). The summed E-state index contributed by atoms with van der Waals surface area (Å²) in [7, 11) is 8.50. The van der Waals surface area contributed by atoms with Crippen molar-refractivity contribution in [3.8, 4) is 0 Å². The molecule has 0 aliphatic heterocycles. The van der Waals surface area contributed by atoms with Crippen molar-refractivity contribution in [3.05, 3.63) is 44.2 Å². The largest absolute Gasteiger partial charge is 1.00 e. The Balaban J connectivity index is 0.00000722. The van der Waals surface area contributed by atoms with Gasteiger partial charge in [0.1, 0.15) is 13.1 Å². The number of halogens is 2. The molecule has 2 aromatic rings. The molecular weight excluding hydrogens is 551 g/mol. The van der Waals surface area contributed by atoms with E-state index in [0.717, 1.165) is 37.1 Å². The fourth-order valence-corrected chi connectivity index (χ4v) is 3.52. The third-order valence-corrected chi connectivity index (χ3v) is 5.76. The van der Waals surface area contributed by atoms with E-state index < -0.39 is 23.2 Å². The summed E-state index contributed by atoms with van der Waals surface area (Å²) in [6, 6.07) is 1.86. The molecule has 4 amide bonds. The van der Waals surface area contributed by atoms with E-state index >= 15 is 0 Å². The number of nitrogens with one attached hydrogen (secondary N) is 6. The van der Waals surface area contributed by atoms with Gasteiger partial charge < -0.3 is 54.4 Å². The van der Waals surface area contributed by atoms with Gasteiger partial charge in [-0.25, -0.2) is 9.59 Å². The number of aromatic amines is 2. The molecule has 0 aliphatic carbocycles. The number of quaternary nitrogens is 2. The number of rotatable bonds is 12. The van der Waals surface area contributed by atoms with Gasteiger partial charge in [-0.3, -0.25) is 20.2 Å². The van der Waals surface area contributed by atoms with Crippen molar-refractivity contribution in [2.24, 2.45) is 0 Å². The average Bonchev–Trinajstić information content (AvgIpc) is 2.74. The number of H-pyrrole nitrogens is 2. The summed E-state index contributed by atoms with van der Waals surface area (Å²) in [4.78, 5) is 60.1. The van der Waals surface area contributed by atoms with E-state index in [4.69, 9.17) is 0 Å². The Morgan fingerprint density at radius 2 is 1.13 bits per heavy atom. The molecule has 0 unspecified atom stereocenters. The molecule has 0 radical (unpaired) electrons. The van der Waals surface area contributed by atoms with Crippen molar-refractivity contribution < 1.29 is 43.4 Å². The van der Waals surface area contributed by atoms with Crippen LogP contribution < -0.4 is 57.2 Å². The minimum atomic E-state index is -0.425. The maximum Gasteiger partial charge on any atom is 0.321 e. The fraction of sp³-hybridized carbons (Fsp3) is 0.565. The van der Waals surface area contributed by atoms with Gasteiger partial charge in [0.2, 0.25) is 11.9 Å². The first kappa shape index (κ1) is 35.8. The van der Waals surface area contributed by atoms with E-state index in [1.54, 1.807) is 13.8 Å². The number of nitrogens with zero attached hydrogens (tertiary/aromatic N) is 4. The monoisotopic (exact) mass is 590 g/mol. The number of hydrogen-bond donors (Lipinski definition) is 6. The molecule has 14 nitrogen and oxygen atoms in total. The average molecular weight is 592 g/mol. The smallest absolute Gasteiger partial charge is 0.321 e. The van der Waals surface area contributed by atoms with E-state index in [9.17, 15) is 19.2 Å². The molecule has 220 valence electrons. The summed E-state index contributed by atoms with van der Waals surface area (Å²) in [6.45, 7) is 7.77. The second kappa shape index (κ2) is 16.0. The van der Waals surface area contributed by atoms with Crippen molar-refractivity contribution in [1.29, 1.82) is 0 Å². The van der Waals surface area contributed by atoms with Gasteiger partial charge in [0.15, 0.2) is 0 Å². The Bertz CT molecular complexity index is 1200. The zero-order valence-electron chi connectivity index (χ0n) is 23.3. The van der Waals surface area contributed by atoms with Crippen molar-refractivity contribution >= 4 is 24.0 Å². The third-order valence-electron chi connectivity index (χ3n) is 5.76. The first-order valence-electron chi connectivity index (χ1n) is 12.1. The van der Waals surface area contributed by atoms with Gasteiger partial charge in [-0.2, -0.15) is 9.97 Å². The van der Waals surface area contributed by atoms with Crippen LogP contribution in [0, 0.1) is 13.8 Å². The van der Waals surface area contributed by atoms with Gasteiger partial charge >= 0.3 is 12.1 Å². The number of hydrogen-bond acceptors (Lipinski definition) is 6. The normalized spacial score (nSPS) is 11.0. The Morgan fingerprint density at radius 3 is 1.56 bits per heavy atom. The molecule has 0 aromatic carbocycles. The zero-order chi connectivity index (χ0) is 27.6. The standard InChI is InChI=1S/C23H38N10O4.2ClH/c1-16-14-18(34)28-20(26-16)30-22(36)24-8-7-10-32(3,4)12-13-33(5,6)11-9-25-23(37)31-21-27-17(2)15-19(35)29-21;;/h14-15H,7-13H2,1-6H3,(H4-2,24,25,26,27,28,29,30,31,34,35,36,37);2*1H. The summed E-state index contributed by atoms with van der Waals surface area (Å²) >= 11 is 0. The Labute approximate surface area is 240 Å². The van der Waals surface area contributed by atoms with Gasteiger partial charge in [0, 0.05) is 36.5 Å². The van der Waals surface area contributed by atoms with E-state index in [2.05, 4.69) is 69.4 Å². The molecular formula is C23H40Cl2N10O4. The van der Waals surface area contributed by atoms with Crippen LogP contribution in [0.5, 0.6) is 0 Å². The summed E-state index contributed by atoms with van der Waals surface area (Å²) in [5.74, 6) is 0.233. The van der Waals surface area contributed by atoms with E-state index in [0.29, 0.717) is 29.0 Å². The topological polar surface area (TPSA) is 174 Å². The number of anilines is 2. The molecule has 0 saturated carbocycles. The van der Waals surface area contributed by atoms with Crippen LogP contribution in [0.3, 0.4) is 0 Å². The zero-order valence-corrected chi connectivity index (χ0v) is 24.8. The van der Waals surface area contributed by atoms with Gasteiger partial charge in [-0.15, -0.1) is 0 Å². The van der Waals surface area contributed by atoms with E-state index in [1.165, 1.54) is 12.1 Å². The van der Waals surface area contributed by atoms with E-state index in [-0.39, 0.29) is 36.7 Å². The quantitative estimate of drug-likeness (QED) is 0.106. The van der Waals surface area contributed by atoms with Gasteiger partial charge in [-0.05, 0) is 13.8 Å². The predicted molar refractivity (Wildman–Crippen MR) is 142 cm³/mol. The van der Waals surface area contributed by atoms with Gasteiger partial charge in [0.05, 0.1) is 47.8 Å². The van der Waals surface area contributed by atoms with Crippen LogP contribution >= 0.6 is 0 Å².